The van der Waals surface area contributed by atoms with Gasteiger partial charge in [0.05, 0.1) is 14.7 Å². The first-order valence-corrected chi connectivity index (χ1v) is 8.63. The van der Waals surface area contributed by atoms with Gasteiger partial charge in [-0.3, -0.25) is 4.79 Å². The van der Waals surface area contributed by atoms with Crippen LogP contribution in [0.25, 0.3) is 0 Å². The first-order valence-electron chi connectivity index (χ1n) is 7.04. The second-order valence-electron chi connectivity index (χ2n) is 5.09. The molecule has 0 aliphatic rings. The molecule has 0 atom stereocenters. The standard InChI is InChI=1S/C17H15Br2FN2O2/c1-10-7-14(18)17(15(19)8-10)24-9-16(23)22-21-11(2)12-3-5-13(20)6-4-12/h3-8H,9H2,1-2H3,(H,22,23)/b21-11-. The Morgan fingerprint density at radius 3 is 2.38 bits per heavy atom. The van der Waals surface area contributed by atoms with Crippen LogP contribution in [0.4, 0.5) is 4.39 Å². The monoisotopic (exact) mass is 456 g/mol. The molecule has 126 valence electrons. The Balaban J connectivity index is 1.94. The summed E-state index contributed by atoms with van der Waals surface area (Å²) < 4.78 is 19.9. The summed E-state index contributed by atoms with van der Waals surface area (Å²) in [6.07, 6.45) is 0. The van der Waals surface area contributed by atoms with E-state index in [0.29, 0.717) is 11.5 Å². The van der Waals surface area contributed by atoms with Crippen molar-refractivity contribution in [2.75, 3.05) is 6.61 Å². The fraction of sp³-hybridized carbons (Fsp3) is 0.176. The predicted molar refractivity (Wildman–Crippen MR) is 98.8 cm³/mol. The van der Waals surface area contributed by atoms with E-state index in [9.17, 15) is 9.18 Å². The van der Waals surface area contributed by atoms with Crippen molar-refractivity contribution in [3.05, 3.63) is 62.3 Å². The van der Waals surface area contributed by atoms with Crippen LogP contribution in [0.1, 0.15) is 18.1 Å². The summed E-state index contributed by atoms with van der Waals surface area (Å²) in [4.78, 5) is 11.9. The number of carbonyl (C=O) groups excluding carboxylic acids is 1. The molecule has 2 rings (SSSR count). The number of amides is 1. The maximum atomic E-state index is 12.9. The van der Waals surface area contributed by atoms with Gasteiger partial charge in [0.15, 0.2) is 6.61 Å². The van der Waals surface area contributed by atoms with E-state index in [2.05, 4.69) is 42.4 Å². The largest absolute Gasteiger partial charge is 0.481 e. The van der Waals surface area contributed by atoms with Crippen LogP contribution in [-0.2, 0) is 4.79 Å². The molecule has 24 heavy (non-hydrogen) atoms. The molecule has 2 aromatic carbocycles. The van der Waals surface area contributed by atoms with Crippen LogP contribution in [0.3, 0.4) is 0 Å². The lowest BCUT2D eigenvalue weighted by Gasteiger charge is -2.10. The molecular formula is C17H15Br2FN2O2. The molecule has 1 N–H and O–H groups in total. The molecular weight excluding hydrogens is 443 g/mol. The Kier molecular flexibility index (Phi) is 6.51. The number of hydrogen-bond donors (Lipinski definition) is 1. The normalized spacial score (nSPS) is 11.3. The molecule has 4 nitrogen and oxygen atoms in total. The van der Waals surface area contributed by atoms with Crippen molar-refractivity contribution in [2.45, 2.75) is 13.8 Å². The van der Waals surface area contributed by atoms with Crippen LogP contribution in [0.15, 0.2) is 50.4 Å². The number of carbonyl (C=O) groups is 1. The van der Waals surface area contributed by atoms with Gasteiger partial charge in [-0.15, -0.1) is 0 Å². The third kappa shape index (κ3) is 5.14. The van der Waals surface area contributed by atoms with E-state index in [4.69, 9.17) is 4.74 Å². The number of hydrogen-bond acceptors (Lipinski definition) is 3. The third-order valence-electron chi connectivity index (χ3n) is 3.10. The van der Waals surface area contributed by atoms with Crippen molar-refractivity contribution in [3.8, 4) is 5.75 Å². The fourth-order valence-electron chi connectivity index (χ4n) is 1.90. The first-order chi connectivity index (χ1) is 11.4. The Hall–Kier alpha value is -1.73. The highest BCUT2D eigenvalue weighted by Crippen LogP contribution is 2.34. The van der Waals surface area contributed by atoms with Crippen molar-refractivity contribution >= 4 is 43.5 Å². The number of hydrazone groups is 1. The number of rotatable bonds is 5. The van der Waals surface area contributed by atoms with E-state index in [1.807, 2.05) is 19.1 Å². The molecule has 0 aliphatic carbocycles. The molecule has 0 saturated heterocycles. The quantitative estimate of drug-likeness (QED) is 0.527. The van der Waals surface area contributed by atoms with E-state index in [-0.39, 0.29) is 12.4 Å². The Morgan fingerprint density at radius 2 is 1.79 bits per heavy atom. The zero-order valence-electron chi connectivity index (χ0n) is 13.1. The second-order valence-corrected chi connectivity index (χ2v) is 6.79. The highest BCUT2D eigenvalue weighted by Gasteiger charge is 2.10. The van der Waals surface area contributed by atoms with Crippen LogP contribution in [0.2, 0.25) is 0 Å². The van der Waals surface area contributed by atoms with Crippen molar-refractivity contribution in [2.24, 2.45) is 5.10 Å². The van der Waals surface area contributed by atoms with Crippen molar-refractivity contribution < 1.29 is 13.9 Å². The van der Waals surface area contributed by atoms with Crippen molar-refractivity contribution in [1.82, 2.24) is 5.43 Å². The molecule has 0 aromatic heterocycles. The average Bonchev–Trinajstić information content (AvgIpc) is 2.52. The van der Waals surface area contributed by atoms with E-state index in [1.54, 1.807) is 19.1 Å². The van der Waals surface area contributed by atoms with Gasteiger partial charge in [0, 0.05) is 0 Å². The average molecular weight is 458 g/mol. The summed E-state index contributed by atoms with van der Waals surface area (Å²) in [6.45, 7) is 3.50. The minimum atomic E-state index is -0.393. The summed E-state index contributed by atoms with van der Waals surface area (Å²) >= 11 is 6.80. The molecule has 2 aromatic rings. The van der Waals surface area contributed by atoms with Crippen LogP contribution in [-0.4, -0.2) is 18.2 Å². The third-order valence-corrected chi connectivity index (χ3v) is 4.28. The molecule has 0 aliphatic heterocycles. The second kappa shape index (κ2) is 8.39. The number of aryl methyl sites for hydroxylation is 1. The topological polar surface area (TPSA) is 50.7 Å². The zero-order chi connectivity index (χ0) is 17.7. The van der Waals surface area contributed by atoms with Gasteiger partial charge in [0.1, 0.15) is 11.6 Å². The Bertz CT molecular complexity index is 754. The number of halogens is 3. The summed E-state index contributed by atoms with van der Waals surface area (Å²) in [5.74, 6) is -0.163. The van der Waals surface area contributed by atoms with Gasteiger partial charge in [-0.2, -0.15) is 5.10 Å². The van der Waals surface area contributed by atoms with Crippen LogP contribution in [0.5, 0.6) is 5.75 Å². The van der Waals surface area contributed by atoms with E-state index in [0.717, 1.165) is 20.1 Å². The maximum absolute atomic E-state index is 12.9. The number of nitrogens with zero attached hydrogens (tertiary/aromatic N) is 1. The fourth-order valence-corrected chi connectivity index (χ4v) is 3.54. The Labute approximate surface area is 156 Å². The Morgan fingerprint density at radius 1 is 1.21 bits per heavy atom. The van der Waals surface area contributed by atoms with Crippen molar-refractivity contribution in [3.63, 3.8) is 0 Å². The lowest BCUT2D eigenvalue weighted by atomic mass is 10.1. The van der Waals surface area contributed by atoms with Gasteiger partial charge in [0.2, 0.25) is 0 Å². The number of benzene rings is 2. The van der Waals surface area contributed by atoms with Crippen molar-refractivity contribution in [1.29, 1.82) is 0 Å². The van der Waals surface area contributed by atoms with Crippen LogP contribution >= 0.6 is 31.9 Å². The number of nitrogens with one attached hydrogen (secondary N) is 1. The molecule has 0 radical (unpaired) electrons. The molecule has 7 heteroatoms. The highest BCUT2D eigenvalue weighted by molar-refractivity contribution is 9.11. The molecule has 0 fully saturated rings. The summed E-state index contributed by atoms with van der Waals surface area (Å²) in [6, 6.07) is 9.66. The van der Waals surface area contributed by atoms with Gasteiger partial charge in [-0.25, -0.2) is 9.82 Å². The van der Waals surface area contributed by atoms with E-state index in [1.165, 1.54) is 12.1 Å². The van der Waals surface area contributed by atoms with Gasteiger partial charge in [0.25, 0.3) is 5.91 Å². The van der Waals surface area contributed by atoms with Gasteiger partial charge in [-0.1, -0.05) is 12.1 Å². The maximum Gasteiger partial charge on any atom is 0.277 e. The smallest absolute Gasteiger partial charge is 0.277 e. The van der Waals surface area contributed by atoms with Gasteiger partial charge < -0.3 is 4.74 Å². The molecule has 0 saturated carbocycles. The first kappa shape index (κ1) is 18.6. The van der Waals surface area contributed by atoms with Crippen LogP contribution < -0.4 is 10.2 Å². The zero-order valence-corrected chi connectivity index (χ0v) is 16.2. The lowest BCUT2D eigenvalue weighted by molar-refractivity contribution is -0.123. The molecule has 0 bridgehead atoms. The van der Waals surface area contributed by atoms with Gasteiger partial charge >= 0.3 is 0 Å². The van der Waals surface area contributed by atoms with E-state index >= 15 is 0 Å². The summed E-state index contributed by atoms with van der Waals surface area (Å²) in [5, 5.41) is 3.99. The molecule has 0 spiro atoms. The molecule has 0 unspecified atom stereocenters. The van der Waals surface area contributed by atoms with Crippen LogP contribution in [0, 0.1) is 12.7 Å². The summed E-state index contributed by atoms with van der Waals surface area (Å²) in [5.41, 5.74) is 4.77. The SMILES string of the molecule is C/C(=N/NC(=O)COc1c(Br)cc(C)cc1Br)c1ccc(F)cc1. The highest BCUT2D eigenvalue weighted by atomic mass is 79.9. The van der Waals surface area contributed by atoms with E-state index < -0.39 is 5.91 Å². The van der Waals surface area contributed by atoms with Gasteiger partial charge in [-0.05, 0) is 81.1 Å². The number of ether oxygens (including phenoxy) is 1. The minimum absolute atomic E-state index is 0.180. The lowest BCUT2D eigenvalue weighted by Crippen LogP contribution is -2.25. The predicted octanol–water partition coefficient (Wildman–Crippen LogP) is 4.58. The molecule has 0 heterocycles. The summed E-state index contributed by atoms with van der Waals surface area (Å²) in [7, 11) is 0. The molecule has 1 amide bonds. The minimum Gasteiger partial charge on any atom is -0.481 e.